The molecule has 5 nitrogen and oxygen atoms in total. The molecular formula is C20H20N2O3. The molecule has 2 aromatic carbocycles. The van der Waals surface area contributed by atoms with Crippen LogP contribution < -0.4 is 5.32 Å². The summed E-state index contributed by atoms with van der Waals surface area (Å²) >= 11 is 0. The first-order valence-corrected chi connectivity index (χ1v) is 8.18. The highest BCUT2D eigenvalue weighted by molar-refractivity contribution is 5.67. The van der Waals surface area contributed by atoms with E-state index in [4.69, 9.17) is 9.15 Å². The first-order valence-electron chi connectivity index (χ1n) is 8.18. The predicted octanol–water partition coefficient (Wildman–Crippen LogP) is 4.12. The average Bonchev–Trinajstić information content (AvgIpc) is 3.02. The molecule has 0 aliphatic carbocycles. The maximum Gasteiger partial charge on any atom is 0.407 e. The van der Waals surface area contributed by atoms with Gasteiger partial charge in [-0.1, -0.05) is 48.5 Å². The Morgan fingerprint density at radius 2 is 1.76 bits per heavy atom. The number of hydrogen-bond donors (Lipinski definition) is 1. The number of alkyl carbamates (subject to hydrolysis) is 1. The lowest BCUT2D eigenvalue weighted by Crippen LogP contribution is -2.26. The number of carbonyl (C=O) groups excluding carboxylic acids is 1. The Bertz CT molecular complexity index is 813. The van der Waals surface area contributed by atoms with Crippen LogP contribution in [0.2, 0.25) is 0 Å². The zero-order chi connectivity index (χ0) is 17.5. The topological polar surface area (TPSA) is 64.4 Å². The normalized spacial score (nSPS) is 10.4. The lowest BCUT2D eigenvalue weighted by Gasteiger charge is -2.06. The van der Waals surface area contributed by atoms with Gasteiger partial charge in [-0.15, -0.1) is 0 Å². The molecule has 0 saturated heterocycles. The van der Waals surface area contributed by atoms with E-state index in [2.05, 4.69) is 10.3 Å². The smallest absolute Gasteiger partial charge is 0.407 e. The Balaban J connectivity index is 1.47. The van der Waals surface area contributed by atoms with Gasteiger partial charge in [0.2, 0.25) is 5.89 Å². The molecular weight excluding hydrogens is 316 g/mol. The van der Waals surface area contributed by atoms with E-state index in [-0.39, 0.29) is 6.61 Å². The summed E-state index contributed by atoms with van der Waals surface area (Å²) in [6.07, 6.45) is 0.149. The second kappa shape index (κ2) is 8.15. The number of rotatable bonds is 6. The summed E-state index contributed by atoms with van der Waals surface area (Å²) in [6, 6.07) is 19.3. The van der Waals surface area contributed by atoms with Crippen LogP contribution in [0.4, 0.5) is 4.79 Å². The first kappa shape index (κ1) is 16.8. The fraction of sp³-hybridized carbons (Fsp3) is 0.200. The Morgan fingerprint density at radius 1 is 1.08 bits per heavy atom. The Labute approximate surface area is 146 Å². The van der Waals surface area contributed by atoms with Crippen molar-refractivity contribution in [2.75, 3.05) is 6.54 Å². The number of ether oxygens (including phenoxy) is 1. The Morgan fingerprint density at radius 3 is 2.48 bits per heavy atom. The molecule has 25 heavy (non-hydrogen) atoms. The number of aromatic nitrogens is 1. The molecule has 5 heteroatoms. The van der Waals surface area contributed by atoms with Crippen LogP contribution >= 0.6 is 0 Å². The summed E-state index contributed by atoms with van der Waals surface area (Å²) in [4.78, 5) is 16.3. The van der Waals surface area contributed by atoms with Gasteiger partial charge in [0.15, 0.2) is 0 Å². The van der Waals surface area contributed by atoms with Crippen LogP contribution in [0.5, 0.6) is 0 Å². The van der Waals surface area contributed by atoms with E-state index in [1.54, 1.807) is 0 Å². The Kier molecular flexibility index (Phi) is 5.46. The van der Waals surface area contributed by atoms with Gasteiger partial charge in [-0.05, 0) is 24.6 Å². The van der Waals surface area contributed by atoms with Gasteiger partial charge >= 0.3 is 6.09 Å². The second-order valence-corrected chi connectivity index (χ2v) is 5.63. The number of oxazole rings is 1. The highest BCUT2D eigenvalue weighted by Crippen LogP contribution is 2.21. The monoisotopic (exact) mass is 336 g/mol. The van der Waals surface area contributed by atoms with E-state index in [1.165, 1.54) is 0 Å². The van der Waals surface area contributed by atoms with E-state index in [9.17, 15) is 4.79 Å². The molecule has 128 valence electrons. The zero-order valence-corrected chi connectivity index (χ0v) is 14.1. The van der Waals surface area contributed by atoms with Gasteiger partial charge < -0.3 is 14.5 Å². The Hall–Kier alpha value is -3.08. The lowest BCUT2D eigenvalue weighted by molar-refractivity contribution is 0.140. The van der Waals surface area contributed by atoms with Crippen molar-refractivity contribution in [3.05, 3.63) is 77.7 Å². The van der Waals surface area contributed by atoms with E-state index >= 15 is 0 Å². The van der Waals surface area contributed by atoms with Crippen LogP contribution in [0, 0.1) is 6.92 Å². The van der Waals surface area contributed by atoms with E-state index in [1.807, 2.05) is 67.6 Å². The number of amides is 1. The number of aryl methyl sites for hydroxylation is 1. The third kappa shape index (κ3) is 4.70. The van der Waals surface area contributed by atoms with Crippen LogP contribution in [0.15, 0.2) is 65.1 Å². The highest BCUT2D eigenvalue weighted by Gasteiger charge is 2.11. The number of carbonyl (C=O) groups is 1. The molecule has 0 saturated carbocycles. The SMILES string of the molecule is Cc1oc(-c2ccccc2)nc1CCNC(=O)OCc1ccccc1. The van der Waals surface area contributed by atoms with Gasteiger partial charge in [0, 0.05) is 18.5 Å². The molecule has 1 amide bonds. The standard InChI is InChI=1S/C20H20N2O3/c1-15-18(22-19(25-15)17-10-6-3-7-11-17)12-13-21-20(23)24-14-16-8-4-2-5-9-16/h2-11H,12-14H2,1H3,(H,21,23). The minimum absolute atomic E-state index is 0.258. The number of hydrogen-bond acceptors (Lipinski definition) is 4. The summed E-state index contributed by atoms with van der Waals surface area (Å²) in [6.45, 7) is 2.57. The van der Waals surface area contributed by atoms with Gasteiger partial charge in [0.05, 0.1) is 5.69 Å². The molecule has 1 heterocycles. The van der Waals surface area contributed by atoms with Crippen molar-refractivity contribution in [1.29, 1.82) is 0 Å². The van der Waals surface area contributed by atoms with Crippen molar-refractivity contribution < 1.29 is 13.9 Å². The van der Waals surface area contributed by atoms with Crippen molar-refractivity contribution in [2.45, 2.75) is 20.0 Å². The van der Waals surface area contributed by atoms with Gasteiger partial charge in [0.25, 0.3) is 0 Å². The van der Waals surface area contributed by atoms with Crippen LogP contribution in [0.3, 0.4) is 0 Å². The first-order chi connectivity index (χ1) is 12.2. The number of nitrogens with zero attached hydrogens (tertiary/aromatic N) is 1. The largest absolute Gasteiger partial charge is 0.445 e. The summed E-state index contributed by atoms with van der Waals surface area (Å²) < 4.78 is 10.9. The van der Waals surface area contributed by atoms with Crippen LogP contribution in [-0.2, 0) is 17.8 Å². The van der Waals surface area contributed by atoms with Crippen LogP contribution in [0.25, 0.3) is 11.5 Å². The third-order valence-electron chi connectivity index (χ3n) is 3.76. The fourth-order valence-corrected chi connectivity index (χ4v) is 2.42. The maximum absolute atomic E-state index is 11.7. The third-order valence-corrected chi connectivity index (χ3v) is 3.76. The van der Waals surface area contributed by atoms with Crippen molar-refractivity contribution in [1.82, 2.24) is 10.3 Å². The molecule has 0 spiro atoms. The van der Waals surface area contributed by atoms with Crippen LogP contribution in [0.1, 0.15) is 17.0 Å². The van der Waals surface area contributed by atoms with Gasteiger partial charge in [0.1, 0.15) is 12.4 Å². The average molecular weight is 336 g/mol. The summed E-state index contributed by atoms with van der Waals surface area (Å²) in [5.41, 5.74) is 2.73. The maximum atomic E-state index is 11.7. The van der Waals surface area contributed by atoms with Crippen molar-refractivity contribution in [2.24, 2.45) is 0 Å². The molecule has 0 unspecified atom stereocenters. The van der Waals surface area contributed by atoms with Gasteiger partial charge in [-0.25, -0.2) is 9.78 Å². The molecule has 1 aromatic heterocycles. The summed E-state index contributed by atoms with van der Waals surface area (Å²) in [5.74, 6) is 1.36. The highest BCUT2D eigenvalue weighted by atomic mass is 16.5. The number of benzene rings is 2. The molecule has 1 N–H and O–H groups in total. The summed E-state index contributed by atoms with van der Waals surface area (Å²) in [5, 5.41) is 2.73. The van der Waals surface area contributed by atoms with E-state index in [0.717, 1.165) is 22.6 Å². The minimum atomic E-state index is -0.437. The molecule has 0 radical (unpaired) electrons. The predicted molar refractivity (Wildman–Crippen MR) is 95.0 cm³/mol. The summed E-state index contributed by atoms with van der Waals surface area (Å²) in [7, 11) is 0. The molecule has 3 aromatic rings. The molecule has 0 aliphatic rings. The van der Waals surface area contributed by atoms with Crippen molar-refractivity contribution >= 4 is 6.09 Å². The lowest BCUT2D eigenvalue weighted by atomic mass is 10.2. The second-order valence-electron chi connectivity index (χ2n) is 5.63. The quantitative estimate of drug-likeness (QED) is 0.735. The van der Waals surface area contributed by atoms with Crippen LogP contribution in [-0.4, -0.2) is 17.6 Å². The molecule has 3 rings (SSSR count). The molecule has 0 fully saturated rings. The zero-order valence-electron chi connectivity index (χ0n) is 14.1. The molecule has 0 atom stereocenters. The van der Waals surface area contributed by atoms with E-state index in [0.29, 0.717) is 18.9 Å². The molecule has 0 aliphatic heterocycles. The van der Waals surface area contributed by atoms with Crippen molar-refractivity contribution in [3.8, 4) is 11.5 Å². The van der Waals surface area contributed by atoms with E-state index < -0.39 is 6.09 Å². The molecule has 0 bridgehead atoms. The fourth-order valence-electron chi connectivity index (χ4n) is 2.42. The van der Waals surface area contributed by atoms with Gasteiger partial charge in [-0.2, -0.15) is 0 Å². The number of nitrogens with one attached hydrogen (secondary N) is 1. The van der Waals surface area contributed by atoms with Gasteiger partial charge in [-0.3, -0.25) is 0 Å². The van der Waals surface area contributed by atoms with Crippen molar-refractivity contribution in [3.63, 3.8) is 0 Å². The minimum Gasteiger partial charge on any atom is -0.445 e.